The molecule has 1 aliphatic carbocycles. The van der Waals surface area contributed by atoms with Crippen LogP contribution in [0.1, 0.15) is 0 Å². The van der Waals surface area contributed by atoms with Gasteiger partial charge in [0.25, 0.3) is 0 Å². The first-order valence-corrected chi connectivity index (χ1v) is 2.58. The Bertz CT molecular complexity index is 158. The fourth-order valence-corrected chi connectivity index (χ4v) is 0.770. The van der Waals surface area contributed by atoms with Gasteiger partial charge in [-0.05, 0) is 0 Å². The molecule has 0 bridgehead atoms. The standard InChI is InChI=1S/C4H2F6O2/c5-1(6)2(7,8)4(11,12)3(1,9)10/h11-12H. The van der Waals surface area contributed by atoms with E-state index < -0.39 is 23.6 Å². The van der Waals surface area contributed by atoms with Gasteiger partial charge in [0.2, 0.25) is 0 Å². The average molecular weight is 196 g/mol. The third-order valence-electron chi connectivity index (χ3n) is 1.66. The average Bonchev–Trinajstić information content (AvgIpc) is 1.84. The summed E-state index contributed by atoms with van der Waals surface area (Å²) in [5, 5.41) is 15.8. The Balaban J connectivity index is 3.16. The van der Waals surface area contributed by atoms with E-state index in [1.165, 1.54) is 0 Å². The maximum atomic E-state index is 11.9. The summed E-state index contributed by atoms with van der Waals surface area (Å²) in [5.41, 5.74) is 0. The molecular formula is C4H2F6O2. The van der Waals surface area contributed by atoms with Crippen LogP contribution in [0.15, 0.2) is 0 Å². The summed E-state index contributed by atoms with van der Waals surface area (Å²) in [4.78, 5) is 0. The molecule has 72 valence electrons. The van der Waals surface area contributed by atoms with Crippen LogP contribution >= 0.6 is 0 Å². The highest BCUT2D eigenvalue weighted by Gasteiger charge is 2.99. The molecular weight excluding hydrogens is 194 g/mol. The Morgan fingerprint density at radius 1 is 0.583 bits per heavy atom. The predicted octanol–water partition coefficient (Wildman–Crippen LogP) is 0.587. The van der Waals surface area contributed by atoms with E-state index in [1.807, 2.05) is 0 Å². The molecule has 0 spiro atoms. The third kappa shape index (κ3) is 0.545. The van der Waals surface area contributed by atoms with Crippen molar-refractivity contribution in [1.29, 1.82) is 0 Å². The molecule has 2 nitrogen and oxygen atoms in total. The topological polar surface area (TPSA) is 40.5 Å². The molecule has 2 N–H and O–H groups in total. The van der Waals surface area contributed by atoms with Crippen molar-refractivity contribution in [1.82, 2.24) is 0 Å². The summed E-state index contributed by atoms with van der Waals surface area (Å²) >= 11 is 0. The van der Waals surface area contributed by atoms with Crippen LogP contribution in [0.2, 0.25) is 0 Å². The Labute approximate surface area is 61.4 Å². The van der Waals surface area contributed by atoms with Gasteiger partial charge < -0.3 is 10.2 Å². The normalized spacial score (nSPS) is 34.0. The molecule has 0 aromatic heterocycles. The van der Waals surface area contributed by atoms with Crippen molar-refractivity contribution in [2.24, 2.45) is 0 Å². The van der Waals surface area contributed by atoms with Crippen LogP contribution in [0.3, 0.4) is 0 Å². The molecule has 1 fully saturated rings. The molecule has 0 atom stereocenters. The molecule has 1 rings (SSSR count). The SMILES string of the molecule is OC1(O)C(F)(F)C(F)(F)C1(F)F. The summed E-state index contributed by atoms with van der Waals surface area (Å²) in [6.07, 6.45) is 0. The zero-order valence-corrected chi connectivity index (χ0v) is 5.16. The molecule has 8 heteroatoms. The molecule has 0 aromatic carbocycles. The summed E-state index contributed by atoms with van der Waals surface area (Å²) in [5.74, 6) is -21.7. The van der Waals surface area contributed by atoms with E-state index >= 15 is 0 Å². The van der Waals surface area contributed by atoms with Crippen molar-refractivity contribution in [3.63, 3.8) is 0 Å². The Morgan fingerprint density at radius 2 is 0.833 bits per heavy atom. The summed E-state index contributed by atoms with van der Waals surface area (Å²) < 4.78 is 71.0. The van der Waals surface area contributed by atoms with E-state index in [0.717, 1.165) is 0 Å². The van der Waals surface area contributed by atoms with E-state index in [1.54, 1.807) is 0 Å². The van der Waals surface area contributed by atoms with Gasteiger partial charge >= 0.3 is 23.6 Å². The minimum Gasteiger partial charge on any atom is -0.356 e. The molecule has 0 amide bonds. The number of hydrogen-bond donors (Lipinski definition) is 2. The zero-order chi connectivity index (χ0) is 10.0. The van der Waals surface area contributed by atoms with E-state index in [0.29, 0.717) is 0 Å². The van der Waals surface area contributed by atoms with Gasteiger partial charge in [-0.1, -0.05) is 0 Å². The van der Waals surface area contributed by atoms with Gasteiger partial charge in [0.05, 0.1) is 0 Å². The van der Waals surface area contributed by atoms with Crippen molar-refractivity contribution in [2.45, 2.75) is 23.6 Å². The van der Waals surface area contributed by atoms with E-state index in [-0.39, 0.29) is 0 Å². The Morgan fingerprint density at radius 3 is 0.917 bits per heavy atom. The Hall–Kier alpha value is -0.500. The van der Waals surface area contributed by atoms with Crippen LogP contribution in [0.4, 0.5) is 26.3 Å². The first-order valence-electron chi connectivity index (χ1n) is 2.58. The van der Waals surface area contributed by atoms with Crippen molar-refractivity contribution in [2.75, 3.05) is 0 Å². The molecule has 0 saturated heterocycles. The van der Waals surface area contributed by atoms with E-state index in [2.05, 4.69) is 0 Å². The first-order chi connectivity index (χ1) is 5.00. The number of hydrogen-bond acceptors (Lipinski definition) is 2. The lowest BCUT2D eigenvalue weighted by Gasteiger charge is -2.52. The van der Waals surface area contributed by atoms with Crippen LogP contribution in [0.25, 0.3) is 0 Å². The molecule has 0 aromatic rings. The smallest absolute Gasteiger partial charge is 0.356 e. The lowest BCUT2D eigenvalue weighted by atomic mass is 9.77. The maximum Gasteiger partial charge on any atom is 0.383 e. The van der Waals surface area contributed by atoms with Crippen LogP contribution in [0.5, 0.6) is 0 Å². The fourth-order valence-electron chi connectivity index (χ4n) is 0.770. The third-order valence-corrected chi connectivity index (χ3v) is 1.66. The van der Waals surface area contributed by atoms with Gasteiger partial charge in [0, 0.05) is 0 Å². The number of rotatable bonds is 0. The highest BCUT2D eigenvalue weighted by Crippen LogP contribution is 2.65. The van der Waals surface area contributed by atoms with Crippen molar-refractivity contribution in [3.05, 3.63) is 0 Å². The van der Waals surface area contributed by atoms with Crippen LogP contribution in [0, 0.1) is 0 Å². The second-order valence-electron chi connectivity index (χ2n) is 2.40. The summed E-state index contributed by atoms with van der Waals surface area (Å²) in [7, 11) is 0. The second-order valence-corrected chi connectivity index (χ2v) is 2.40. The van der Waals surface area contributed by atoms with Gasteiger partial charge in [0.15, 0.2) is 0 Å². The van der Waals surface area contributed by atoms with E-state index in [9.17, 15) is 26.3 Å². The molecule has 0 radical (unpaired) electrons. The molecule has 12 heavy (non-hydrogen) atoms. The molecule has 0 heterocycles. The fraction of sp³-hybridized carbons (Fsp3) is 1.00. The van der Waals surface area contributed by atoms with Crippen molar-refractivity contribution < 1.29 is 36.6 Å². The summed E-state index contributed by atoms with van der Waals surface area (Å²) in [6.45, 7) is 0. The highest BCUT2D eigenvalue weighted by atomic mass is 19.4. The lowest BCUT2D eigenvalue weighted by molar-refractivity contribution is -0.545. The van der Waals surface area contributed by atoms with Crippen LogP contribution in [-0.4, -0.2) is 33.8 Å². The van der Waals surface area contributed by atoms with Crippen molar-refractivity contribution >= 4 is 0 Å². The molecule has 1 saturated carbocycles. The Kier molecular flexibility index (Phi) is 1.37. The van der Waals surface area contributed by atoms with Crippen molar-refractivity contribution in [3.8, 4) is 0 Å². The van der Waals surface area contributed by atoms with Gasteiger partial charge in [-0.2, -0.15) is 26.3 Å². The second kappa shape index (κ2) is 1.72. The first kappa shape index (κ1) is 9.59. The minimum atomic E-state index is -5.72. The van der Waals surface area contributed by atoms with Crippen LogP contribution < -0.4 is 0 Å². The van der Waals surface area contributed by atoms with Crippen LogP contribution in [-0.2, 0) is 0 Å². The van der Waals surface area contributed by atoms with Gasteiger partial charge in [-0.25, -0.2) is 0 Å². The molecule has 1 aliphatic rings. The van der Waals surface area contributed by atoms with Gasteiger partial charge in [0.1, 0.15) is 0 Å². The lowest BCUT2D eigenvalue weighted by Crippen LogP contribution is -2.86. The summed E-state index contributed by atoms with van der Waals surface area (Å²) in [6, 6.07) is 0. The monoisotopic (exact) mass is 196 g/mol. The maximum absolute atomic E-state index is 11.9. The number of aliphatic hydroxyl groups is 2. The zero-order valence-electron chi connectivity index (χ0n) is 5.16. The quantitative estimate of drug-likeness (QED) is 0.439. The van der Waals surface area contributed by atoms with Gasteiger partial charge in [-0.3, -0.25) is 0 Å². The largest absolute Gasteiger partial charge is 0.383 e. The number of halogens is 6. The molecule has 0 unspecified atom stereocenters. The highest BCUT2D eigenvalue weighted by molar-refractivity contribution is 5.21. The minimum absolute atomic E-state index is 4.97. The number of alkyl halides is 6. The van der Waals surface area contributed by atoms with E-state index in [4.69, 9.17) is 10.2 Å². The van der Waals surface area contributed by atoms with Gasteiger partial charge in [-0.15, -0.1) is 0 Å². The molecule has 0 aliphatic heterocycles. The predicted molar refractivity (Wildman–Crippen MR) is 22.0 cm³/mol.